The molecule has 0 unspecified atom stereocenters. The smallest absolute Gasteiger partial charge is 0.225 e. The van der Waals surface area contributed by atoms with Gasteiger partial charge in [0, 0.05) is 37.7 Å². The van der Waals surface area contributed by atoms with E-state index in [0.29, 0.717) is 42.8 Å². The number of nitrogens with zero attached hydrogens (tertiary/aromatic N) is 6. The molecule has 156 valence electrons. The number of carbonyl (C=O) groups is 1. The fourth-order valence-electron chi connectivity index (χ4n) is 4.16. The maximum absolute atomic E-state index is 12.8. The maximum Gasteiger partial charge on any atom is 0.225 e. The fraction of sp³-hybridized carbons (Fsp3) is 0.429. The third kappa shape index (κ3) is 3.61. The van der Waals surface area contributed by atoms with Gasteiger partial charge in [-0.2, -0.15) is 4.52 Å². The van der Waals surface area contributed by atoms with Crippen molar-refractivity contribution < 1.29 is 9.53 Å². The zero-order valence-corrected chi connectivity index (χ0v) is 17.3. The molecule has 1 aromatic carbocycles. The summed E-state index contributed by atoms with van der Waals surface area (Å²) in [5.74, 6) is 1.82. The number of benzene rings is 1. The van der Waals surface area contributed by atoms with Crippen molar-refractivity contribution in [3.05, 3.63) is 41.4 Å². The Morgan fingerprint density at radius 1 is 1.00 bits per heavy atom. The molecule has 1 amide bonds. The Bertz CT molecular complexity index is 1060. The molecule has 9 heteroatoms. The van der Waals surface area contributed by atoms with Crippen molar-refractivity contribution >= 4 is 29.0 Å². The number of carbonyl (C=O) groups excluding carboxylic acids is 1. The minimum Gasteiger partial charge on any atom is -0.378 e. The van der Waals surface area contributed by atoms with Crippen molar-refractivity contribution in [2.24, 2.45) is 5.92 Å². The van der Waals surface area contributed by atoms with Crippen LogP contribution in [0.25, 0.3) is 17.0 Å². The molecule has 2 fully saturated rings. The van der Waals surface area contributed by atoms with Gasteiger partial charge in [0.25, 0.3) is 0 Å². The monoisotopic (exact) mass is 426 g/mol. The van der Waals surface area contributed by atoms with E-state index < -0.39 is 0 Å². The molecule has 0 radical (unpaired) electrons. The number of halogens is 1. The minimum atomic E-state index is 0.0803. The highest BCUT2D eigenvalue weighted by Gasteiger charge is 2.30. The van der Waals surface area contributed by atoms with Crippen molar-refractivity contribution in [2.45, 2.75) is 12.8 Å². The summed E-state index contributed by atoms with van der Waals surface area (Å²) in [6.45, 7) is 4.28. The zero-order valence-electron chi connectivity index (χ0n) is 16.6. The number of hydrogen-bond donors (Lipinski definition) is 0. The maximum atomic E-state index is 12.8. The predicted molar refractivity (Wildman–Crippen MR) is 114 cm³/mol. The van der Waals surface area contributed by atoms with Gasteiger partial charge in [0.2, 0.25) is 5.91 Å². The highest BCUT2D eigenvalue weighted by atomic mass is 35.5. The van der Waals surface area contributed by atoms with Crippen LogP contribution >= 0.6 is 11.6 Å². The van der Waals surface area contributed by atoms with Crippen LogP contribution in [0.3, 0.4) is 0 Å². The van der Waals surface area contributed by atoms with Gasteiger partial charge in [0.15, 0.2) is 11.5 Å². The summed E-state index contributed by atoms with van der Waals surface area (Å²) in [6.07, 6.45) is 1.66. The van der Waals surface area contributed by atoms with E-state index in [1.807, 2.05) is 41.3 Å². The summed E-state index contributed by atoms with van der Waals surface area (Å²) >= 11 is 6.35. The lowest BCUT2D eigenvalue weighted by atomic mass is 9.95. The van der Waals surface area contributed by atoms with Crippen molar-refractivity contribution in [3.63, 3.8) is 0 Å². The third-order valence-electron chi connectivity index (χ3n) is 5.85. The topological polar surface area (TPSA) is 75.9 Å². The molecule has 0 bridgehead atoms. The third-order valence-corrected chi connectivity index (χ3v) is 6.18. The molecule has 8 nitrogen and oxygen atoms in total. The largest absolute Gasteiger partial charge is 0.378 e. The quantitative estimate of drug-likeness (QED) is 0.640. The van der Waals surface area contributed by atoms with Crippen LogP contribution in [0.2, 0.25) is 5.02 Å². The van der Waals surface area contributed by atoms with Gasteiger partial charge in [-0.15, -0.1) is 15.3 Å². The average Bonchev–Trinajstić information content (AvgIpc) is 3.23. The van der Waals surface area contributed by atoms with E-state index >= 15 is 0 Å². The lowest BCUT2D eigenvalue weighted by Crippen LogP contribution is -2.47. The molecular formula is C21H23ClN6O2. The first kappa shape index (κ1) is 19.3. The molecule has 0 saturated carbocycles. The summed E-state index contributed by atoms with van der Waals surface area (Å²) in [7, 11) is 0. The Balaban J connectivity index is 1.33. The number of rotatable bonds is 3. The highest BCUT2D eigenvalue weighted by molar-refractivity contribution is 6.33. The number of ether oxygens (including phenoxy) is 1. The van der Waals surface area contributed by atoms with E-state index in [1.165, 1.54) is 0 Å². The first-order chi connectivity index (χ1) is 14.7. The Kier molecular flexibility index (Phi) is 5.26. The molecular weight excluding hydrogens is 404 g/mol. The lowest BCUT2D eigenvalue weighted by molar-refractivity contribution is -0.140. The molecule has 2 aliphatic rings. The molecule has 0 aliphatic carbocycles. The number of aromatic nitrogens is 4. The Labute approximate surface area is 179 Å². The molecule has 0 spiro atoms. The molecule has 3 aromatic rings. The SMILES string of the molecule is O=C(C1CCN(c2ccc3nnc(-c4ccccc4Cl)n3n2)CC1)N1CCOCC1. The molecule has 2 aromatic heterocycles. The lowest BCUT2D eigenvalue weighted by Gasteiger charge is -2.35. The van der Waals surface area contributed by atoms with E-state index in [1.54, 1.807) is 4.52 Å². The Hall–Kier alpha value is -2.71. The van der Waals surface area contributed by atoms with Gasteiger partial charge in [-0.3, -0.25) is 4.79 Å². The molecule has 30 heavy (non-hydrogen) atoms. The van der Waals surface area contributed by atoms with Crippen molar-refractivity contribution in [2.75, 3.05) is 44.3 Å². The van der Waals surface area contributed by atoms with Crippen LogP contribution in [0.15, 0.2) is 36.4 Å². The molecule has 0 atom stereocenters. The van der Waals surface area contributed by atoms with Crippen molar-refractivity contribution in [1.29, 1.82) is 0 Å². The molecule has 5 rings (SSSR count). The number of amides is 1. The van der Waals surface area contributed by atoms with Gasteiger partial charge in [-0.05, 0) is 37.1 Å². The number of piperidine rings is 1. The van der Waals surface area contributed by atoms with Crippen LogP contribution in [0.1, 0.15) is 12.8 Å². The van der Waals surface area contributed by atoms with Gasteiger partial charge >= 0.3 is 0 Å². The summed E-state index contributed by atoms with van der Waals surface area (Å²) in [5.41, 5.74) is 1.47. The van der Waals surface area contributed by atoms with Gasteiger partial charge < -0.3 is 14.5 Å². The van der Waals surface area contributed by atoms with Crippen LogP contribution in [0.5, 0.6) is 0 Å². The van der Waals surface area contributed by atoms with Crippen LogP contribution in [-0.2, 0) is 9.53 Å². The Morgan fingerprint density at radius 3 is 2.53 bits per heavy atom. The predicted octanol–water partition coefficient (Wildman–Crippen LogP) is 2.52. The number of fused-ring (bicyclic) bond motifs is 1. The number of anilines is 1. The van der Waals surface area contributed by atoms with E-state index in [0.717, 1.165) is 37.3 Å². The van der Waals surface area contributed by atoms with Gasteiger partial charge in [-0.1, -0.05) is 23.7 Å². The molecule has 4 heterocycles. The van der Waals surface area contributed by atoms with Gasteiger partial charge in [-0.25, -0.2) is 0 Å². The van der Waals surface area contributed by atoms with Crippen molar-refractivity contribution in [1.82, 2.24) is 24.7 Å². The van der Waals surface area contributed by atoms with Gasteiger partial charge in [0.1, 0.15) is 5.82 Å². The number of morpholine rings is 1. The number of hydrogen-bond acceptors (Lipinski definition) is 6. The highest BCUT2D eigenvalue weighted by Crippen LogP contribution is 2.28. The molecule has 2 aliphatic heterocycles. The van der Waals surface area contributed by atoms with Crippen molar-refractivity contribution in [3.8, 4) is 11.4 Å². The van der Waals surface area contributed by atoms with Crippen LogP contribution < -0.4 is 4.90 Å². The molecule has 2 saturated heterocycles. The first-order valence-corrected chi connectivity index (χ1v) is 10.7. The van der Waals surface area contributed by atoms with E-state index in [-0.39, 0.29) is 11.8 Å². The molecule has 0 N–H and O–H groups in total. The summed E-state index contributed by atoms with van der Waals surface area (Å²) < 4.78 is 7.10. The Morgan fingerprint density at radius 2 is 1.77 bits per heavy atom. The second-order valence-electron chi connectivity index (χ2n) is 7.66. The second kappa shape index (κ2) is 8.20. The first-order valence-electron chi connectivity index (χ1n) is 10.3. The zero-order chi connectivity index (χ0) is 20.5. The van der Waals surface area contributed by atoms with Crippen LogP contribution in [-0.4, -0.2) is 70.0 Å². The van der Waals surface area contributed by atoms with E-state index in [2.05, 4.69) is 15.1 Å². The summed E-state index contributed by atoms with van der Waals surface area (Å²) in [4.78, 5) is 16.9. The minimum absolute atomic E-state index is 0.0803. The summed E-state index contributed by atoms with van der Waals surface area (Å²) in [6, 6.07) is 11.4. The van der Waals surface area contributed by atoms with E-state index in [4.69, 9.17) is 21.4 Å². The van der Waals surface area contributed by atoms with Crippen LogP contribution in [0.4, 0.5) is 5.82 Å². The standard InChI is InChI=1S/C21H23ClN6O2/c22-17-4-2-1-3-16(17)20-24-23-18-5-6-19(25-28(18)20)26-9-7-15(8-10-26)21(29)27-11-13-30-14-12-27/h1-6,15H,7-14H2. The van der Waals surface area contributed by atoms with Gasteiger partial charge in [0.05, 0.1) is 18.2 Å². The van der Waals surface area contributed by atoms with Crippen LogP contribution in [0, 0.1) is 5.92 Å². The average molecular weight is 427 g/mol. The summed E-state index contributed by atoms with van der Waals surface area (Å²) in [5, 5.41) is 13.9. The second-order valence-corrected chi connectivity index (χ2v) is 8.07. The van der Waals surface area contributed by atoms with E-state index in [9.17, 15) is 4.79 Å². The normalized spacial score (nSPS) is 18.2. The fourth-order valence-corrected chi connectivity index (χ4v) is 4.38.